The van der Waals surface area contributed by atoms with Crippen LogP contribution in [0, 0.1) is 6.92 Å². The molecule has 0 fully saturated rings. The summed E-state index contributed by atoms with van der Waals surface area (Å²) < 4.78 is 66.0. The molecule has 9 heteroatoms. The fourth-order valence-corrected chi connectivity index (χ4v) is 2.78. The van der Waals surface area contributed by atoms with Crippen molar-refractivity contribution in [3.05, 3.63) is 28.8 Å². The first-order valence-electron chi connectivity index (χ1n) is 8.69. The lowest BCUT2D eigenvalue weighted by atomic mass is 9.78. The summed E-state index contributed by atoms with van der Waals surface area (Å²) in [5, 5.41) is -5.02. The first-order chi connectivity index (χ1) is 12.4. The Morgan fingerprint density at radius 2 is 1.43 bits per heavy atom. The Balaban J connectivity index is 3.05. The summed E-state index contributed by atoms with van der Waals surface area (Å²) in [6.07, 6.45) is 0. The van der Waals surface area contributed by atoms with Crippen molar-refractivity contribution in [1.29, 1.82) is 0 Å². The molecule has 0 heterocycles. The molecule has 0 aromatic heterocycles. The van der Waals surface area contributed by atoms with Crippen LogP contribution in [0.4, 0.5) is 8.78 Å². The first-order valence-corrected chi connectivity index (χ1v) is 10.1. The summed E-state index contributed by atoms with van der Waals surface area (Å²) in [4.78, 5) is 11.3. The lowest BCUT2D eigenvalue weighted by molar-refractivity contribution is -0.162. The molecule has 1 N–H and O–H groups in total. The van der Waals surface area contributed by atoms with E-state index in [0.717, 1.165) is 16.7 Å². The first kappa shape index (κ1) is 24.3. The van der Waals surface area contributed by atoms with Crippen LogP contribution in [0.1, 0.15) is 58.2 Å². The third-order valence-corrected chi connectivity index (χ3v) is 4.79. The number of hydrogen-bond acceptors (Lipinski definition) is 5. The van der Waals surface area contributed by atoms with Gasteiger partial charge in [0.15, 0.2) is 0 Å². The molecular formula is C19H28F2O6S. The maximum atomic E-state index is 13.2. The molecule has 0 spiro atoms. The van der Waals surface area contributed by atoms with Gasteiger partial charge in [0.2, 0.25) is 0 Å². The van der Waals surface area contributed by atoms with Crippen LogP contribution in [0.5, 0.6) is 5.75 Å². The Labute approximate surface area is 165 Å². The topological polar surface area (TPSA) is 89.9 Å². The molecule has 1 aromatic rings. The van der Waals surface area contributed by atoms with E-state index >= 15 is 0 Å². The Kier molecular flexibility index (Phi) is 6.89. The molecule has 6 nitrogen and oxygen atoms in total. The second-order valence-electron chi connectivity index (χ2n) is 8.67. The number of hydrogen-bond donors (Lipinski definition) is 1. The van der Waals surface area contributed by atoms with E-state index in [1.165, 1.54) is 0 Å². The second-order valence-corrected chi connectivity index (χ2v) is 10.1. The number of carbonyl (C=O) groups is 1. The largest absolute Gasteiger partial charge is 0.489 e. The predicted octanol–water partition coefficient (Wildman–Crippen LogP) is 3.99. The van der Waals surface area contributed by atoms with E-state index in [2.05, 4.69) is 4.74 Å². The summed E-state index contributed by atoms with van der Waals surface area (Å²) in [6.45, 7) is 13.1. The highest BCUT2D eigenvalue weighted by Crippen LogP contribution is 2.40. The van der Waals surface area contributed by atoms with Crippen LogP contribution in [-0.2, 0) is 30.5 Å². The van der Waals surface area contributed by atoms with Crippen molar-refractivity contribution in [3.8, 4) is 5.75 Å². The molecule has 1 rings (SSSR count). The van der Waals surface area contributed by atoms with Gasteiger partial charge < -0.3 is 9.47 Å². The summed E-state index contributed by atoms with van der Waals surface area (Å²) in [5.74, 6) is -1.78. The molecule has 0 aliphatic carbocycles. The van der Waals surface area contributed by atoms with Gasteiger partial charge in [0, 0.05) is 11.1 Å². The van der Waals surface area contributed by atoms with E-state index in [4.69, 9.17) is 9.29 Å². The van der Waals surface area contributed by atoms with Gasteiger partial charge in [-0.1, -0.05) is 59.2 Å². The van der Waals surface area contributed by atoms with Crippen LogP contribution in [0.2, 0.25) is 0 Å². The van der Waals surface area contributed by atoms with Crippen molar-refractivity contribution >= 4 is 16.1 Å². The van der Waals surface area contributed by atoms with E-state index in [1.807, 2.05) is 60.6 Å². The van der Waals surface area contributed by atoms with Crippen LogP contribution in [0.3, 0.4) is 0 Å². The molecule has 0 unspecified atom stereocenters. The summed E-state index contributed by atoms with van der Waals surface area (Å²) in [6, 6.07) is 3.95. The summed E-state index contributed by atoms with van der Waals surface area (Å²) >= 11 is 0. The highest BCUT2D eigenvalue weighted by atomic mass is 32.2. The zero-order valence-corrected chi connectivity index (χ0v) is 18.0. The van der Waals surface area contributed by atoms with Gasteiger partial charge in [0.25, 0.3) is 0 Å². The van der Waals surface area contributed by atoms with Crippen molar-refractivity contribution in [2.75, 3.05) is 13.2 Å². The maximum absolute atomic E-state index is 13.2. The zero-order chi connectivity index (χ0) is 22.1. The third-order valence-electron chi connectivity index (χ3n) is 3.97. The van der Waals surface area contributed by atoms with Gasteiger partial charge in [-0.25, -0.2) is 4.79 Å². The number of rotatable bonds is 6. The monoisotopic (exact) mass is 422 g/mol. The smallest absolute Gasteiger partial charge is 0.465 e. The van der Waals surface area contributed by atoms with Crippen LogP contribution >= 0.6 is 0 Å². The van der Waals surface area contributed by atoms with Crippen molar-refractivity contribution < 1.29 is 36.0 Å². The number of carbonyl (C=O) groups excluding carboxylic acids is 1. The van der Waals surface area contributed by atoms with Gasteiger partial charge >= 0.3 is 21.3 Å². The molecule has 0 atom stereocenters. The quantitative estimate of drug-likeness (QED) is 0.424. The average molecular weight is 422 g/mol. The van der Waals surface area contributed by atoms with Crippen LogP contribution in [0.15, 0.2) is 12.1 Å². The van der Waals surface area contributed by atoms with Gasteiger partial charge in [0.1, 0.15) is 19.0 Å². The molecular weight excluding hydrogens is 394 g/mol. The number of aryl methyl sites for hydroxylation is 1. The minimum absolute atomic E-state index is 0.261. The van der Waals surface area contributed by atoms with Gasteiger partial charge in [-0.2, -0.15) is 17.2 Å². The molecule has 0 aliphatic heterocycles. The van der Waals surface area contributed by atoms with Crippen molar-refractivity contribution in [1.82, 2.24) is 0 Å². The van der Waals surface area contributed by atoms with Gasteiger partial charge in [-0.05, 0) is 17.8 Å². The molecule has 0 saturated heterocycles. The van der Waals surface area contributed by atoms with Crippen molar-refractivity contribution in [2.24, 2.45) is 0 Å². The average Bonchev–Trinajstić information content (AvgIpc) is 2.48. The lowest BCUT2D eigenvalue weighted by Crippen LogP contribution is -2.39. The number of ether oxygens (including phenoxy) is 2. The predicted molar refractivity (Wildman–Crippen MR) is 102 cm³/mol. The highest BCUT2D eigenvalue weighted by Gasteiger charge is 2.54. The highest BCUT2D eigenvalue weighted by molar-refractivity contribution is 7.87. The number of esters is 1. The van der Waals surface area contributed by atoms with Gasteiger partial charge in [0.05, 0.1) is 0 Å². The number of halogens is 2. The zero-order valence-electron chi connectivity index (χ0n) is 17.2. The minimum atomic E-state index is -5.90. The van der Waals surface area contributed by atoms with E-state index in [1.54, 1.807) is 0 Å². The molecule has 28 heavy (non-hydrogen) atoms. The second kappa shape index (κ2) is 7.94. The number of alkyl halides is 2. The molecule has 0 saturated carbocycles. The summed E-state index contributed by atoms with van der Waals surface area (Å²) in [7, 11) is -5.90. The fraction of sp³-hybridized carbons (Fsp3) is 0.632. The standard InChI is InChI=1S/C19H28F2O6S/c1-12-10-13(17(2,3)4)15(14(11-12)18(5,6)7)26-8-9-27-16(22)19(20,21)28(23,24)25/h10-11H,8-9H2,1-7H3,(H,23,24,25). The summed E-state index contributed by atoms with van der Waals surface area (Å²) in [5.41, 5.74) is 2.33. The molecule has 0 aliphatic rings. The Morgan fingerprint density at radius 3 is 1.79 bits per heavy atom. The normalized spacial score (nSPS) is 13.4. The van der Waals surface area contributed by atoms with E-state index < -0.39 is 27.9 Å². The SMILES string of the molecule is Cc1cc(C(C)(C)C)c(OCCOC(=O)C(F)(F)S(=O)(=O)O)c(C(C)(C)C)c1. The molecule has 0 radical (unpaired) electrons. The maximum Gasteiger partial charge on any atom is 0.465 e. The minimum Gasteiger partial charge on any atom is -0.489 e. The van der Waals surface area contributed by atoms with Gasteiger partial charge in [-0.3, -0.25) is 4.55 Å². The fourth-order valence-electron chi connectivity index (χ4n) is 2.51. The van der Waals surface area contributed by atoms with Crippen LogP contribution < -0.4 is 4.74 Å². The van der Waals surface area contributed by atoms with Crippen LogP contribution in [0.25, 0.3) is 0 Å². The van der Waals surface area contributed by atoms with Crippen LogP contribution in [-0.4, -0.2) is 37.4 Å². The lowest BCUT2D eigenvalue weighted by Gasteiger charge is -2.30. The van der Waals surface area contributed by atoms with E-state index in [9.17, 15) is 22.0 Å². The molecule has 1 aromatic carbocycles. The van der Waals surface area contributed by atoms with Crippen molar-refractivity contribution in [2.45, 2.75) is 64.6 Å². The number of benzene rings is 1. The van der Waals surface area contributed by atoms with Crippen molar-refractivity contribution in [3.63, 3.8) is 0 Å². The Bertz CT molecular complexity index is 798. The van der Waals surface area contributed by atoms with E-state index in [0.29, 0.717) is 5.75 Å². The Morgan fingerprint density at radius 1 is 1.00 bits per heavy atom. The molecule has 0 bridgehead atoms. The van der Waals surface area contributed by atoms with E-state index in [-0.39, 0.29) is 17.4 Å². The van der Waals surface area contributed by atoms with Gasteiger partial charge in [-0.15, -0.1) is 0 Å². The third kappa shape index (κ3) is 5.64. The molecule has 0 amide bonds. The Hall–Kier alpha value is -1.74. The molecule has 160 valence electrons.